The van der Waals surface area contributed by atoms with Gasteiger partial charge in [0.25, 0.3) is 0 Å². The first-order valence-corrected chi connectivity index (χ1v) is 8.03. The third-order valence-corrected chi connectivity index (χ3v) is 4.10. The summed E-state index contributed by atoms with van der Waals surface area (Å²) in [5, 5.41) is 11.3. The summed E-state index contributed by atoms with van der Waals surface area (Å²) in [5.41, 5.74) is 1.05. The molecule has 6 heteroatoms. The van der Waals surface area contributed by atoms with Crippen molar-refractivity contribution >= 4 is 5.91 Å². The first kappa shape index (κ1) is 15.7. The molecule has 1 aromatic heterocycles. The molecule has 1 aliphatic rings. The average molecular weight is 314 g/mol. The van der Waals surface area contributed by atoms with Gasteiger partial charge in [-0.15, -0.1) is 10.2 Å². The number of nitrogens with one attached hydrogen (secondary N) is 1. The lowest BCUT2D eigenvalue weighted by Crippen LogP contribution is -2.37. The Morgan fingerprint density at radius 1 is 1.30 bits per heavy atom. The predicted octanol–water partition coefficient (Wildman–Crippen LogP) is 2.01. The van der Waals surface area contributed by atoms with Crippen molar-refractivity contribution in [3.8, 4) is 0 Å². The minimum Gasteiger partial charge on any atom is -0.364 e. The van der Waals surface area contributed by atoms with Crippen LogP contribution in [0, 0.1) is 0 Å². The summed E-state index contributed by atoms with van der Waals surface area (Å²) in [6.45, 7) is 5.04. The van der Waals surface area contributed by atoms with Crippen molar-refractivity contribution in [2.75, 3.05) is 0 Å². The van der Waals surface area contributed by atoms with Crippen LogP contribution >= 0.6 is 0 Å². The summed E-state index contributed by atoms with van der Waals surface area (Å²) >= 11 is 0. The van der Waals surface area contributed by atoms with Gasteiger partial charge in [-0.1, -0.05) is 30.3 Å². The number of carbonyl (C=O) groups is 1. The summed E-state index contributed by atoms with van der Waals surface area (Å²) in [7, 11) is 0. The smallest absolute Gasteiger partial charge is 0.249 e. The molecule has 1 aromatic carbocycles. The van der Waals surface area contributed by atoms with E-state index in [2.05, 4.69) is 20.1 Å². The van der Waals surface area contributed by atoms with Gasteiger partial charge in [-0.2, -0.15) is 0 Å². The topological polar surface area (TPSA) is 69.0 Å². The predicted molar refractivity (Wildman–Crippen MR) is 85.6 cm³/mol. The van der Waals surface area contributed by atoms with Gasteiger partial charge in [0, 0.05) is 13.0 Å². The Bertz CT molecular complexity index is 668. The van der Waals surface area contributed by atoms with Gasteiger partial charge in [0.05, 0.1) is 12.6 Å². The Kier molecular flexibility index (Phi) is 4.71. The summed E-state index contributed by atoms with van der Waals surface area (Å²) in [6, 6.07) is 9.65. The molecule has 0 bridgehead atoms. The monoisotopic (exact) mass is 314 g/mol. The number of carbonyl (C=O) groups excluding carboxylic acids is 1. The summed E-state index contributed by atoms with van der Waals surface area (Å²) in [5.74, 6) is 1.69. The maximum Gasteiger partial charge on any atom is 0.249 e. The van der Waals surface area contributed by atoms with Crippen LogP contribution < -0.4 is 5.32 Å². The maximum absolute atomic E-state index is 12.3. The SMILES string of the molecule is C[C@H](OCc1ccccc1)C(=O)N[C@@H](C)c1nnc2n1CCC2. The second-order valence-corrected chi connectivity index (χ2v) is 5.90. The Labute approximate surface area is 135 Å². The minimum atomic E-state index is -0.515. The van der Waals surface area contributed by atoms with Gasteiger partial charge < -0.3 is 14.6 Å². The van der Waals surface area contributed by atoms with E-state index in [4.69, 9.17) is 4.74 Å². The molecule has 122 valence electrons. The lowest BCUT2D eigenvalue weighted by Gasteiger charge is -2.18. The molecule has 2 aromatic rings. The molecule has 0 radical (unpaired) electrons. The van der Waals surface area contributed by atoms with Gasteiger partial charge in [-0.25, -0.2) is 0 Å². The third kappa shape index (κ3) is 3.59. The molecule has 2 heterocycles. The van der Waals surface area contributed by atoms with Crippen molar-refractivity contribution in [3.05, 3.63) is 47.5 Å². The molecule has 1 N–H and O–H groups in total. The number of hydrogen-bond acceptors (Lipinski definition) is 4. The van der Waals surface area contributed by atoms with E-state index in [1.807, 2.05) is 37.3 Å². The minimum absolute atomic E-state index is 0.135. The number of fused-ring (bicyclic) bond motifs is 1. The first-order chi connectivity index (χ1) is 11.1. The second kappa shape index (κ2) is 6.91. The fourth-order valence-corrected chi connectivity index (χ4v) is 2.76. The number of benzene rings is 1. The van der Waals surface area contributed by atoms with E-state index < -0.39 is 6.10 Å². The molecule has 2 atom stereocenters. The fraction of sp³-hybridized carbons (Fsp3) is 0.471. The van der Waals surface area contributed by atoms with E-state index in [1.165, 1.54) is 0 Å². The molecular weight excluding hydrogens is 292 g/mol. The van der Waals surface area contributed by atoms with Crippen LogP contribution in [0.3, 0.4) is 0 Å². The lowest BCUT2D eigenvalue weighted by molar-refractivity contribution is -0.133. The Hall–Kier alpha value is -2.21. The lowest BCUT2D eigenvalue weighted by atomic mass is 10.2. The van der Waals surface area contributed by atoms with E-state index >= 15 is 0 Å². The molecule has 0 saturated heterocycles. The van der Waals surface area contributed by atoms with Crippen molar-refractivity contribution < 1.29 is 9.53 Å². The Morgan fingerprint density at radius 3 is 2.87 bits per heavy atom. The number of nitrogens with zero attached hydrogens (tertiary/aromatic N) is 3. The molecule has 0 unspecified atom stereocenters. The van der Waals surface area contributed by atoms with Crippen molar-refractivity contribution in [2.45, 2.75) is 52.0 Å². The van der Waals surface area contributed by atoms with E-state index in [1.54, 1.807) is 6.92 Å². The van der Waals surface area contributed by atoms with Gasteiger partial charge in [0.15, 0.2) is 5.82 Å². The largest absolute Gasteiger partial charge is 0.364 e. The molecule has 0 fully saturated rings. The van der Waals surface area contributed by atoms with Crippen molar-refractivity contribution in [2.24, 2.45) is 0 Å². The highest BCUT2D eigenvalue weighted by atomic mass is 16.5. The standard InChI is InChI=1S/C17H22N4O2/c1-12(16-20-19-15-9-6-10-21(15)16)18-17(22)13(2)23-11-14-7-4-3-5-8-14/h3-5,7-8,12-13H,6,9-11H2,1-2H3,(H,18,22)/t12-,13-/m0/s1. The van der Waals surface area contributed by atoms with Crippen LogP contribution in [0.15, 0.2) is 30.3 Å². The third-order valence-electron chi connectivity index (χ3n) is 4.10. The number of ether oxygens (including phenoxy) is 1. The van der Waals surface area contributed by atoms with Gasteiger partial charge in [-0.05, 0) is 25.8 Å². The van der Waals surface area contributed by atoms with Crippen LogP contribution in [0.5, 0.6) is 0 Å². The molecule has 0 aliphatic carbocycles. The second-order valence-electron chi connectivity index (χ2n) is 5.90. The highest BCUT2D eigenvalue weighted by Crippen LogP contribution is 2.19. The van der Waals surface area contributed by atoms with Crippen molar-refractivity contribution in [3.63, 3.8) is 0 Å². The molecule has 1 aliphatic heterocycles. The molecule has 1 amide bonds. The Balaban J connectivity index is 1.53. The van der Waals surface area contributed by atoms with Crippen molar-refractivity contribution in [1.82, 2.24) is 20.1 Å². The first-order valence-electron chi connectivity index (χ1n) is 8.03. The molecule has 6 nitrogen and oxygen atoms in total. The highest BCUT2D eigenvalue weighted by molar-refractivity contribution is 5.80. The molecule has 0 spiro atoms. The van der Waals surface area contributed by atoms with E-state index in [-0.39, 0.29) is 11.9 Å². The highest BCUT2D eigenvalue weighted by Gasteiger charge is 2.24. The molecular formula is C17H22N4O2. The quantitative estimate of drug-likeness (QED) is 0.885. The van der Waals surface area contributed by atoms with Gasteiger partial charge >= 0.3 is 0 Å². The van der Waals surface area contributed by atoms with Crippen LogP contribution in [0.1, 0.15) is 43.5 Å². The summed E-state index contributed by atoms with van der Waals surface area (Å²) < 4.78 is 7.74. The molecule has 0 saturated carbocycles. The van der Waals surface area contributed by atoms with Gasteiger partial charge in [0.1, 0.15) is 11.9 Å². The van der Waals surface area contributed by atoms with Crippen LogP contribution in [0.2, 0.25) is 0 Å². The van der Waals surface area contributed by atoms with Gasteiger partial charge in [-0.3, -0.25) is 4.79 Å². The maximum atomic E-state index is 12.3. The molecule has 3 rings (SSSR count). The van der Waals surface area contributed by atoms with Crippen LogP contribution in [0.4, 0.5) is 0 Å². The number of rotatable bonds is 6. The average Bonchev–Trinajstić information content (AvgIpc) is 3.16. The number of aryl methyl sites for hydroxylation is 1. The van der Waals surface area contributed by atoms with Crippen LogP contribution in [0.25, 0.3) is 0 Å². The molecule has 23 heavy (non-hydrogen) atoms. The van der Waals surface area contributed by atoms with E-state index in [0.717, 1.165) is 36.6 Å². The van der Waals surface area contributed by atoms with Crippen LogP contribution in [-0.2, 0) is 29.1 Å². The van der Waals surface area contributed by atoms with Crippen molar-refractivity contribution in [1.29, 1.82) is 0 Å². The Morgan fingerprint density at radius 2 is 2.09 bits per heavy atom. The van der Waals surface area contributed by atoms with E-state index in [9.17, 15) is 4.79 Å². The number of aromatic nitrogens is 3. The van der Waals surface area contributed by atoms with Crippen LogP contribution in [-0.4, -0.2) is 26.8 Å². The number of amides is 1. The fourth-order valence-electron chi connectivity index (χ4n) is 2.76. The summed E-state index contributed by atoms with van der Waals surface area (Å²) in [4.78, 5) is 12.3. The van der Waals surface area contributed by atoms with E-state index in [0.29, 0.717) is 6.61 Å². The zero-order valence-electron chi connectivity index (χ0n) is 13.5. The zero-order valence-corrected chi connectivity index (χ0v) is 13.5. The normalized spacial score (nSPS) is 15.9. The van der Waals surface area contributed by atoms with Gasteiger partial charge in [0.2, 0.25) is 5.91 Å². The number of hydrogen-bond donors (Lipinski definition) is 1. The summed E-state index contributed by atoms with van der Waals surface area (Å²) in [6.07, 6.45) is 1.54. The zero-order chi connectivity index (χ0) is 16.2.